The molecule has 0 aliphatic carbocycles. The molecule has 1 amide bonds. The number of benzene rings is 1. The largest absolute Gasteiger partial charge is 0.371 e. The summed E-state index contributed by atoms with van der Waals surface area (Å²) in [7, 11) is 0. The Kier molecular flexibility index (Phi) is 4.29. The smallest absolute Gasteiger partial charge is 0.252 e. The summed E-state index contributed by atoms with van der Waals surface area (Å²) < 4.78 is 1.10. The van der Waals surface area contributed by atoms with Gasteiger partial charge in [-0.25, -0.2) is 0 Å². The second-order valence-corrected chi connectivity index (χ2v) is 6.31. The van der Waals surface area contributed by atoms with Gasteiger partial charge in [-0.3, -0.25) is 4.79 Å². The van der Waals surface area contributed by atoms with Crippen LogP contribution in [0.4, 0.5) is 5.69 Å². The van der Waals surface area contributed by atoms with Crippen molar-refractivity contribution in [3.8, 4) is 0 Å². The maximum atomic E-state index is 11.9. The molecule has 1 saturated heterocycles. The van der Waals surface area contributed by atoms with Crippen LogP contribution in [0.3, 0.4) is 0 Å². The van der Waals surface area contributed by atoms with Gasteiger partial charge < -0.3 is 15.2 Å². The van der Waals surface area contributed by atoms with Crippen molar-refractivity contribution in [2.24, 2.45) is 5.92 Å². The third-order valence-corrected chi connectivity index (χ3v) is 4.36. The molecule has 0 bridgehead atoms. The molecule has 1 fully saturated rings. The number of H-pyrrole nitrogens is 1. The van der Waals surface area contributed by atoms with Crippen molar-refractivity contribution in [1.82, 2.24) is 10.3 Å². The highest BCUT2D eigenvalue weighted by atomic mass is 79.9. The molecule has 0 radical (unpaired) electrons. The molecule has 1 aliphatic heterocycles. The number of aromatic amines is 1. The van der Waals surface area contributed by atoms with Crippen LogP contribution in [-0.4, -0.2) is 30.5 Å². The zero-order valence-corrected chi connectivity index (χ0v) is 13.3. The van der Waals surface area contributed by atoms with Crippen LogP contribution in [0.5, 0.6) is 0 Å². The lowest BCUT2D eigenvalue weighted by Crippen LogP contribution is -2.30. The second kappa shape index (κ2) is 6.35. The number of nitrogens with zero attached hydrogens (tertiary/aromatic N) is 1. The van der Waals surface area contributed by atoms with Crippen LogP contribution in [-0.2, 0) is 0 Å². The monoisotopic (exact) mass is 347 g/mol. The third kappa shape index (κ3) is 3.47. The minimum atomic E-state index is -0.00263. The number of amides is 1. The fourth-order valence-electron chi connectivity index (χ4n) is 2.71. The molecule has 1 aromatic heterocycles. The van der Waals surface area contributed by atoms with Gasteiger partial charge in [0.1, 0.15) is 0 Å². The van der Waals surface area contributed by atoms with Gasteiger partial charge in [0.15, 0.2) is 0 Å². The lowest BCUT2D eigenvalue weighted by molar-refractivity contribution is 0.0948. The Bertz CT molecular complexity index is 612. The molecule has 5 heteroatoms. The molecule has 1 aromatic carbocycles. The maximum Gasteiger partial charge on any atom is 0.252 e. The first kappa shape index (κ1) is 14.2. The first-order valence-electron chi connectivity index (χ1n) is 7.14. The molecule has 2 aromatic rings. The van der Waals surface area contributed by atoms with Crippen molar-refractivity contribution in [2.75, 3.05) is 24.5 Å². The van der Waals surface area contributed by atoms with E-state index in [2.05, 4.69) is 49.3 Å². The number of carbonyl (C=O) groups excluding carboxylic acids is 1. The fraction of sp³-hybridized carbons (Fsp3) is 0.312. The van der Waals surface area contributed by atoms with Crippen LogP contribution >= 0.6 is 15.9 Å². The van der Waals surface area contributed by atoms with Crippen molar-refractivity contribution in [1.29, 1.82) is 0 Å². The van der Waals surface area contributed by atoms with E-state index in [1.54, 1.807) is 18.5 Å². The topological polar surface area (TPSA) is 48.1 Å². The summed E-state index contributed by atoms with van der Waals surface area (Å²) in [5.74, 6) is 0.504. The van der Waals surface area contributed by atoms with Crippen LogP contribution < -0.4 is 10.2 Å². The Morgan fingerprint density at radius 1 is 1.43 bits per heavy atom. The highest BCUT2D eigenvalue weighted by molar-refractivity contribution is 9.10. The van der Waals surface area contributed by atoms with Crippen molar-refractivity contribution in [3.05, 3.63) is 52.8 Å². The Morgan fingerprint density at radius 2 is 2.33 bits per heavy atom. The first-order valence-corrected chi connectivity index (χ1v) is 7.93. The molecule has 2 N–H and O–H groups in total. The van der Waals surface area contributed by atoms with Crippen LogP contribution in [0.2, 0.25) is 0 Å². The van der Waals surface area contributed by atoms with E-state index in [1.165, 1.54) is 5.69 Å². The average Bonchev–Trinajstić information content (AvgIpc) is 3.16. The molecule has 2 heterocycles. The van der Waals surface area contributed by atoms with Gasteiger partial charge in [0.05, 0.1) is 5.56 Å². The molecule has 0 spiro atoms. The molecule has 3 rings (SSSR count). The van der Waals surface area contributed by atoms with Gasteiger partial charge in [-0.05, 0) is 36.6 Å². The molecule has 1 atom stereocenters. The number of aromatic nitrogens is 1. The van der Waals surface area contributed by atoms with E-state index in [0.29, 0.717) is 11.5 Å². The molecule has 21 heavy (non-hydrogen) atoms. The van der Waals surface area contributed by atoms with Crippen molar-refractivity contribution < 1.29 is 4.79 Å². The SMILES string of the molecule is O=C(NC[C@H]1CCN(c2cccc(Br)c2)C1)c1cc[nH]c1. The Labute approximate surface area is 132 Å². The van der Waals surface area contributed by atoms with E-state index in [4.69, 9.17) is 0 Å². The lowest BCUT2D eigenvalue weighted by Gasteiger charge is -2.19. The number of nitrogens with one attached hydrogen (secondary N) is 2. The Balaban J connectivity index is 1.52. The second-order valence-electron chi connectivity index (χ2n) is 5.39. The summed E-state index contributed by atoms with van der Waals surface area (Å²) in [5.41, 5.74) is 1.93. The molecular formula is C16H18BrN3O. The Morgan fingerprint density at radius 3 is 3.10 bits per heavy atom. The third-order valence-electron chi connectivity index (χ3n) is 3.87. The first-order chi connectivity index (χ1) is 10.2. The van der Waals surface area contributed by atoms with E-state index < -0.39 is 0 Å². The molecule has 4 nitrogen and oxygen atoms in total. The number of hydrogen-bond acceptors (Lipinski definition) is 2. The van der Waals surface area contributed by atoms with Gasteiger partial charge in [-0.2, -0.15) is 0 Å². The van der Waals surface area contributed by atoms with Crippen LogP contribution in [0.15, 0.2) is 47.2 Å². The van der Waals surface area contributed by atoms with Crippen LogP contribution in [0, 0.1) is 5.92 Å². The van der Waals surface area contributed by atoms with Gasteiger partial charge in [0, 0.05) is 42.2 Å². The summed E-state index contributed by atoms with van der Waals surface area (Å²) in [6, 6.07) is 10.2. The van der Waals surface area contributed by atoms with Crippen LogP contribution in [0.1, 0.15) is 16.8 Å². The highest BCUT2D eigenvalue weighted by Crippen LogP contribution is 2.25. The van der Waals surface area contributed by atoms with Gasteiger partial charge in [-0.1, -0.05) is 22.0 Å². The summed E-state index contributed by atoms with van der Waals surface area (Å²) >= 11 is 3.51. The van der Waals surface area contributed by atoms with E-state index >= 15 is 0 Å². The van der Waals surface area contributed by atoms with Crippen molar-refractivity contribution in [2.45, 2.75) is 6.42 Å². The van der Waals surface area contributed by atoms with E-state index in [-0.39, 0.29) is 5.91 Å². The number of hydrogen-bond donors (Lipinski definition) is 2. The standard InChI is InChI=1S/C16H18BrN3O/c17-14-2-1-3-15(8-14)20-7-5-12(11-20)9-19-16(21)13-4-6-18-10-13/h1-4,6,8,10,12,18H,5,7,9,11H2,(H,19,21)/t12-/m1/s1. The van der Waals surface area contributed by atoms with E-state index in [0.717, 1.165) is 30.5 Å². The van der Waals surface area contributed by atoms with Crippen molar-refractivity contribution in [3.63, 3.8) is 0 Å². The Hall–Kier alpha value is -1.75. The lowest BCUT2D eigenvalue weighted by atomic mass is 10.1. The summed E-state index contributed by atoms with van der Waals surface area (Å²) in [6.07, 6.45) is 4.59. The maximum absolute atomic E-state index is 11.9. The minimum Gasteiger partial charge on any atom is -0.371 e. The quantitative estimate of drug-likeness (QED) is 0.892. The molecule has 0 saturated carbocycles. The normalized spacial score (nSPS) is 18.0. The van der Waals surface area contributed by atoms with E-state index in [1.807, 2.05) is 6.07 Å². The minimum absolute atomic E-state index is 0.00263. The molecule has 110 valence electrons. The van der Waals surface area contributed by atoms with E-state index in [9.17, 15) is 4.79 Å². The predicted molar refractivity (Wildman–Crippen MR) is 87.6 cm³/mol. The zero-order chi connectivity index (χ0) is 14.7. The molecular weight excluding hydrogens is 330 g/mol. The number of halogens is 1. The number of carbonyl (C=O) groups is 1. The number of rotatable bonds is 4. The van der Waals surface area contributed by atoms with Crippen molar-refractivity contribution >= 4 is 27.5 Å². The average molecular weight is 348 g/mol. The predicted octanol–water partition coefficient (Wildman–Crippen LogP) is 3.03. The van der Waals surface area contributed by atoms with Gasteiger partial charge in [-0.15, -0.1) is 0 Å². The summed E-state index contributed by atoms with van der Waals surface area (Å²) in [4.78, 5) is 17.2. The van der Waals surface area contributed by atoms with Crippen LogP contribution in [0.25, 0.3) is 0 Å². The van der Waals surface area contributed by atoms with Gasteiger partial charge >= 0.3 is 0 Å². The highest BCUT2D eigenvalue weighted by Gasteiger charge is 2.23. The molecule has 0 unspecified atom stereocenters. The zero-order valence-electron chi connectivity index (χ0n) is 11.7. The van der Waals surface area contributed by atoms with Gasteiger partial charge in [0.2, 0.25) is 0 Å². The fourth-order valence-corrected chi connectivity index (χ4v) is 3.10. The summed E-state index contributed by atoms with van der Waals surface area (Å²) in [6.45, 7) is 2.76. The number of anilines is 1. The summed E-state index contributed by atoms with van der Waals surface area (Å²) in [5, 5.41) is 3.02. The molecule has 1 aliphatic rings. The van der Waals surface area contributed by atoms with Gasteiger partial charge in [0.25, 0.3) is 5.91 Å².